The van der Waals surface area contributed by atoms with Crippen LogP contribution in [0.25, 0.3) is 0 Å². The molecule has 0 heterocycles. The van der Waals surface area contributed by atoms with E-state index in [0.717, 1.165) is 26.7 Å². The minimum atomic E-state index is 0.334. The van der Waals surface area contributed by atoms with Crippen LogP contribution in [-0.2, 0) is 11.9 Å². The van der Waals surface area contributed by atoms with E-state index in [4.69, 9.17) is 27.9 Å². The molecule has 0 aliphatic rings. The molecule has 19 heavy (non-hydrogen) atoms. The molecule has 1 nitrogen and oxygen atoms in total. The number of halogens is 4. The zero-order valence-electron chi connectivity index (χ0n) is 9.80. The van der Waals surface area contributed by atoms with Crippen molar-refractivity contribution in [1.29, 1.82) is 0 Å². The van der Waals surface area contributed by atoms with E-state index >= 15 is 0 Å². The second kappa shape index (κ2) is 6.98. The molecule has 100 valence electrons. The summed E-state index contributed by atoms with van der Waals surface area (Å²) in [5, 5.41) is 1.94. The third-order valence-corrected chi connectivity index (χ3v) is 4.55. The Morgan fingerprint density at radius 2 is 1.63 bits per heavy atom. The van der Waals surface area contributed by atoms with Crippen LogP contribution in [-0.4, -0.2) is 0 Å². The molecule has 0 saturated carbocycles. The van der Waals surface area contributed by atoms with E-state index in [0.29, 0.717) is 16.7 Å². The summed E-state index contributed by atoms with van der Waals surface area (Å²) < 4.78 is 6.77. The van der Waals surface area contributed by atoms with Gasteiger partial charge >= 0.3 is 0 Å². The van der Waals surface area contributed by atoms with E-state index in [1.165, 1.54) is 0 Å². The zero-order valence-corrected chi connectivity index (χ0v) is 14.5. The van der Waals surface area contributed by atoms with Crippen molar-refractivity contribution < 1.29 is 4.74 Å². The Bertz CT molecular complexity index is 567. The highest BCUT2D eigenvalue weighted by Crippen LogP contribution is 2.33. The van der Waals surface area contributed by atoms with Crippen molar-refractivity contribution in [2.75, 3.05) is 0 Å². The van der Waals surface area contributed by atoms with Crippen LogP contribution in [0.1, 0.15) is 11.1 Å². The Labute approximate surface area is 139 Å². The molecule has 0 fully saturated rings. The first-order chi connectivity index (χ1) is 9.13. The van der Waals surface area contributed by atoms with E-state index in [1.54, 1.807) is 12.1 Å². The number of ether oxygens (including phenoxy) is 1. The van der Waals surface area contributed by atoms with E-state index in [1.807, 2.05) is 24.3 Å². The Morgan fingerprint density at radius 3 is 2.26 bits per heavy atom. The van der Waals surface area contributed by atoms with Gasteiger partial charge in [0, 0.05) is 26.5 Å². The van der Waals surface area contributed by atoms with E-state index < -0.39 is 0 Å². The highest BCUT2D eigenvalue weighted by atomic mass is 79.9. The summed E-state index contributed by atoms with van der Waals surface area (Å²) in [5.74, 6) is 0.801. The maximum atomic E-state index is 6.12. The molecular formula is C14H10Br2Cl2O. The summed E-state index contributed by atoms with van der Waals surface area (Å²) in [6.07, 6.45) is 0. The summed E-state index contributed by atoms with van der Waals surface area (Å²) in [7, 11) is 0. The first-order valence-corrected chi connectivity index (χ1v) is 8.19. The smallest absolute Gasteiger partial charge is 0.138 e. The molecule has 0 saturated heterocycles. The minimum Gasteiger partial charge on any atom is -0.487 e. The lowest BCUT2D eigenvalue weighted by atomic mass is 10.2. The quantitative estimate of drug-likeness (QED) is 0.528. The molecule has 0 amide bonds. The molecule has 0 aliphatic carbocycles. The van der Waals surface area contributed by atoms with Gasteiger partial charge in [0.05, 0.1) is 4.47 Å². The van der Waals surface area contributed by atoms with Gasteiger partial charge in [0.15, 0.2) is 0 Å². The van der Waals surface area contributed by atoms with Gasteiger partial charge in [-0.25, -0.2) is 0 Å². The van der Waals surface area contributed by atoms with Crippen molar-refractivity contribution in [3.63, 3.8) is 0 Å². The average molecular weight is 425 g/mol. The van der Waals surface area contributed by atoms with Crippen molar-refractivity contribution in [2.24, 2.45) is 0 Å². The SMILES string of the molecule is Clc1cccc(Cl)c1COc1c(Br)cccc1CBr. The number of rotatable bonds is 4. The van der Waals surface area contributed by atoms with Crippen molar-refractivity contribution in [1.82, 2.24) is 0 Å². The summed E-state index contributed by atoms with van der Waals surface area (Å²) >= 11 is 19.2. The molecule has 2 aromatic carbocycles. The molecule has 0 aromatic heterocycles. The van der Waals surface area contributed by atoms with Gasteiger partial charge in [-0.3, -0.25) is 0 Å². The fourth-order valence-electron chi connectivity index (χ4n) is 1.63. The maximum absolute atomic E-state index is 6.12. The lowest BCUT2D eigenvalue weighted by molar-refractivity contribution is 0.302. The number of hydrogen-bond acceptors (Lipinski definition) is 1. The van der Waals surface area contributed by atoms with Gasteiger partial charge < -0.3 is 4.74 Å². The molecule has 0 unspecified atom stereocenters. The van der Waals surface area contributed by atoms with Crippen LogP contribution in [0, 0.1) is 0 Å². The van der Waals surface area contributed by atoms with Crippen LogP contribution in [0.15, 0.2) is 40.9 Å². The first-order valence-electron chi connectivity index (χ1n) is 5.52. The minimum absolute atomic E-state index is 0.334. The van der Waals surface area contributed by atoms with Crippen LogP contribution < -0.4 is 4.74 Å². The third-order valence-electron chi connectivity index (χ3n) is 2.62. The van der Waals surface area contributed by atoms with Crippen molar-refractivity contribution >= 4 is 55.1 Å². The summed E-state index contributed by atoms with van der Waals surface area (Å²) in [4.78, 5) is 0. The van der Waals surface area contributed by atoms with Gasteiger partial charge in [0.25, 0.3) is 0 Å². The number of benzene rings is 2. The van der Waals surface area contributed by atoms with Crippen LogP contribution in [0.2, 0.25) is 10.0 Å². The lowest BCUT2D eigenvalue weighted by Crippen LogP contribution is -2.00. The van der Waals surface area contributed by atoms with Gasteiger partial charge in [-0.05, 0) is 34.1 Å². The van der Waals surface area contributed by atoms with Crippen molar-refractivity contribution in [3.05, 3.63) is 62.0 Å². The molecule has 0 radical (unpaired) electrons. The molecule has 0 spiro atoms. The Kier molecular flexibility index (Phi) is 5.58. The van der Waals surface area contributed by atoms with Gasteiger partial charge in [-0.15, -0.1) is 0 Å². The number of para-hydroxylation sites is 1. The predicted molar refractivity (Wildman–Crippen MR) is 87.6 cm³/mol. The molecule has 5 heteroatoms. The second-order valence-corrected chi connectivity index (χ2v) is 6.08. The number of hydrogen-bond donors (Lipinski definition) is 0. The Balaban J connectivity index is 2.24. The van der Waals surface area contributed by atoms with Crippen LogP contribution in [0.4, 0.5) is 0 Å². The van der Waals surface area contributed by atoms with Gasteiger partial charge in [-0.1, -0.05) is 57.3 Å². The van der Waals surface area contributed by atoms with E-state index in [9.17, 15) is 0 Å². The third kappa shape index (κ3) is 3.66. The van der Waals surface area contributed by atoms with Gasteiger partial charge in [0.2, 0.25) is 0 Å². The maximum Gasteiger partial charge on any atom is 0.138 e. The summed E-state index contributed by atoms with van der Waals surface area (Å²) in [6.45, 7) is 0.334. The molecule has 0 aliphatic heterocycles. The highest BCUT2D eigenvalue weighted by molar-refractivity contribution is 9.10. The largest absolute Gasteiger partial charge is 0.487 e. The monoisotopic (exact) mass is 422 g/mol. The highest BCUT2D eigenvalue weighted by Gasteiger charge is 2.10. The van der Waals surface area contributed by atoms with Crippen molar-refractivity contribution in [3.8, 4) is 5.75 Å². The van der Waals surface area contributed by atoms with Crippen molar-refractivity contribution in [2.45, 2.75) is 11.9 Å². The molecule has 2 aromatic rings. The molecule has 2 rings (SSSR count). The second-order valence-electron chi connectivity index (χ2n) is 3.85. The molecular weight excluding hydrogens is 415 g/mol. The van der Waals surface area contributed by atoms with E-state index in [-0.39, 0.29) is 0 Å². The molecule has 0 atom stereocenters. The lowest BCUT2D eigenvalue weighted by Gasteiger charge is -2.13. The normalized spacial score (nSPS) is 10.5. The van der Waals surface area contributed by atoms with Crippen LogP contribution in [0.5, 0.6) is 5.75 Å². The van der Waals surface area contributed by atoms with Gasteiger partial charge in [-0.2, -0.15) is 0 Å². The molecule has 0 bridgehead atoms. The fourth-order valence-corrected chi connectivity index (χ4v) is 3.10. The predicted octanol–water partition coefficient (Wildman–Crippen LogP) is 6.23. The van der Waals surface area contributed by atoms with Crippen LogP contribution >= 0.6 is 55.1 Å². The zero-order chi connectivity index (χ0) is 13.8. The average Bonchev–Trinajstić information content (AvgIpc) is 2.39. The number of alkyl halides is 1. The van der Waals surface area contributed by atoms with Gasteiger partial charge in [0.1, 0.15) is 12.4 Å². The molecule has 0 N–H and O–H groups in total. The summed E-state index contributed by atoms with van der Waals surface area (Å²) in [6, 6.07) is 11.3. The summed E-state index contributed by atoms with van der Waals surface area (Å²) in [5.41, 5.74) is 1.86. The Hall–Kier alpha value is -0.220. The first kappa shape index (κ1) is 15.2. The topological polar surface area (TPSA) is 9.23 Å². The standard InChI is InChI=1S/C14H10Br2Cl2O/c15-7-9-3-1-4-11(16)14(9)19-8-10-12(17)5-2-6-13(10)18/h1-6H,7-8H2. The Morgan fingerprint density at radius 1 is 1.00 bits per heavy atom. The fraction of sp³-hybridized carbons (Fsp3) is 0.143. The van der Waals surface area contributed by atoms with Crippen LogP contribution in [0.3, 0.4) is 0 Å². The van der Waals surface area contributed by atoms with E-state index in [2.05, 4.69) is 31.9 Å².